The molecular weight excluding hydrogens is 312 g/mol. The molecule has 7 heteroatoms. The van der Waals surface area contributed by atoms with Crippen molar-refractivity contribution in [2.24, 2.45) is 5.92 Å². The first-order chi connectivity index (χ1) is 11.3. The first-order valence-corrected chi connectivity index (χ1v) is 7.90. The van der Waals surface area contributed by atoms with Crippen LogP contribution in [0, 0.1) is 5.92 Å². The van der Waals surface area contributed by atoms with Crippen LogP contribution in [0.2, 0.25) is 0 Å². The molecule has 0 fully saturated rings. The van der Waals surface area contributed by atoms with Gasteiger partial charge >= 0.3 is 5.97 Å². The predicted molar refractivity (Wildman–Crippen MR) is 87.9 cm³/mol. The summed E-state index contributed by atoms with van der Waals surface area (Å²) in [7, 11) is 0. The molecule has 0 spiro atoms. The predicted octanol–water partition coefficient (Wildman–Crippen LogP) is 1.42. The summed E-state index contributed by atoms with van der Waals surface area (Å²) in [5, 5.41) is 11.6. The van der Waals surface area contributed by atoms with Crippen LogP contribution in [0.25, 0.3) is 0 Å². The van der Waals surface area contributed by atoms with Crippen molar-refractivity contribution in [1.82, 2.24) is 5.32 Å². The third kappa shape index (κ3) is 3.84. The summed E-state index contributed by atoms with van der Waals surface area (Å²) in [6.45, 7) is 5.27. The van der Waals surface area contributed by atoms with E-state index < -0.39 is 24.0 Å². The molecule has 0 saturated heterocycles. The Morgan fingerprint density at radius 2 is 2.00 bits per heavy atom. The molecule has 0 saturated carbocycles. The molecule has 24 heavy (non-hydrogen) atoms. The van der Waals surface area contributed by atoms with E-state index in [1.165, 1.54) is 4.90 Å². The molecule has 0 radical (unpaired) electrons. The quantitative estimate of drug-likeness (QED) is 0.820. The van der Waals surface area contributed by atoms with Crippen molar-refractivity contribution in [3.63, 3.8) is 0 Å². The average Bonchev–Trinajstić information content (AvgIpc) is 2.52. The van der Waals surface area contributed by atoms with Gasteiger partial charge in [0.15, 0.2) is 6.10 Å². The van der Waals surface area contributed by atoms with Crippen molar-refractivity contribution in [1.29, 1.82) is 0 Å². The standard InChI is InChI=1S/C17H22N2O5/c1-10(2)15(17(22)23)18-14(20)8-9-19-12-6-4-5-7-13(12)24-11(3)16(19)21/h4-7,10-11,15H,8-9H2,1-3H3,(H,18,20)(H,22,23). The Balaban J connectivity index is 2.04. The third-order valence-corrected chi connectivity index (χ3v) is 3.89. The van der Waals surface area contributed by atoms with Gasteiger partial charge in [0.25, 0.3) is 5.91 Å². The smallest absolute Gasteiger partial charge is 0.326 e. The SMILES string of the molecule is CC1Oc2ccccc2N(CCC(=O)NC(C(=O)O)C(C)C)C1=O. The number of hydrogen-bond donors (Lipinski definition) is 2. The van der Waals surface area contributed by atoms with Gasteiger partial charge in [-0.15, -0.1) is 0 Å². The van der Waals surface area contributed by atoms with Crippen molar-refractivity contribution in [3.05, 3.63) is 24.3 Å². The van der Waals surface area contributed by atoms with Gasteiger partial charge in [-0.05, 0) is 25.0 Å². The molecule has 1 heterocycles. The Labute approximate surface area is 140 Å². The van der Waals surface area contributed by atoms with Crippen LogP contribution in [0.3, 0.4) is 0 Å². The lowest BCUT2D eigenvalue weighted by molar-refractivity contribution is -0.143. The first kappa shape index (κ1) is 17.8. The van der Waals surface area contributed by atoms with Crippen LogP contribution in [-0.2, 0) is 14.4 Å². The van der Waals surface area contributed by atoms with Crippen LogP contribution in [-0.4, -0.2) is 41.6 Å². The number of carboxylic acids is 1. The fraction of sp³-hybridized carbons (Fsp3) is 0.471. The van der Waals surface area contributed by atoms with Crippen LogP contribution >= 0.6 is 0 Å². The Hall–Kier alpha value is -2.57. The van der Waals surface area contributed by atoms with E-state index in [-0.39, 0.29) is 24.8 Å². The molecule has 130 valence electrons. The van der Waals surface area contributed by atoms with E-state index in [1.54, 1.807) is 39.0 Å². The lowest BCUT2D eigenvalue weighted by Crippen LogP contribution is -2.48. The van der Waals surface area contributed by atoms with Crippen LogP contribution in [0.4, 0.5) is 5.69 Å². The number of rotatable bonds is 6. The van der Waals surface area contributed by atoms with Crippen LogP contribution in [0.15, 0.2) is 24.3 Å². The second-order valence-electron chi connectivity index (χ2n) is 6.10. The van der Waals surface area contributed by atoms with E-state index in [9.17, 15) is 14.4 Å². The van der Waals surface area contributed by atoms with Gasteiger partial charge < -0.3 is 20.1 Å². The molecule has 1 aromatic rings. The number of ether oxygens (including phenoxy) is 1. The number of nitrogens with one attached hydrogen (secondary N) is 1. The average molecular weight is 334 g/mol. The summed E-state index contributed by atoms with van der Waals surface area (Å²) in [4.78, 5) is 37.0. The maximum Gasteiger partial charge on any atom is 0.326 e. The van der Waals surface area contributed by atoms with Crippen molar-refractivity contribution < 1.29 is 24.2 Å². The number of nitrogens with zero attached hydrogens (tertiary/aromatic N) is 1. The van der Waals surface area contributed by atoms with Gasteiger partial charge in [-0.1, -0.05) is 26.0 Å². The van der Waals surface area contributed by atoms with Gasteiger partial charge in [-0.25, -0.2) is 4.79 Å². The lowest BCUT2D eigenvalue weighted by Gasteiger charge is -2.33. The zero-order valence-corrected chi connectivity index (χ0v) is 14.0. The molecule has 2 N–H and O–H groups in total. The third-order valence-electron chi connectivity index (χ3n) is 3.89. The number of anilines is 1. The molecule has 2 unspecified atom stereocenters. The zero-order chi connectivity index (χ0) is 17.9. The van der Waals surface area contributed by atoms with E-state index in [1.807, 2.05) is 6.07 Å². The van der Waals surface area contributed by atoms with Crippen molar-refractivity contribution in [3.8, 4) is 5.75 Å². The number of fused-ring (bicyclic) bond motifs is 1. The highest BCUT2D eigenvalue weighted by atomic mass is 16.5. The molecule has 2 atom stereocenters. The monoisotopic (exact) mass is 334 g/mol. The fourth-order valence-electron chi connectivity index (χ4n) is 2.56. The Bertz CT molecular complexity index is 644. The van der Waals surface area contributed by atoms with Gasteiger partial charge in [0, 0.05) is 13.0 Å². The number of carbonyl (C=O) groups is 3. The first-order valence-electron chi connectivity index (χ1n) is 7.90. The highest BCUT2D eigenvalue weighted by Crippen LogP contribution is 2.33. The number of carboxylic acid groups (broad SMARTS) is 1. The minimum Gasteiger partial charge on any atom is -0.480 e. The van der Waals surface area contributed by atoms with Crippen LogP contribution < -0.4 is 15.0 Å². The molecule has 1 aliphatic heterocycles. The van der Waals surface area contributed by atoms with Crippen molar-refractivity contribution in [2.75, 3.05) is 11.4 Å². The number of amides is 2. The Morgan fingerprint density at radius 3 is 2.62 bits per heavy atom. The van der Waals surface area contributed by atoms with Gasteiger partial charge in [0.1, 0.15) is 11.8 Å². The zero-order valence-electron chi connectivity index (χ0n) is 14.0. The number of aliphatic carboxylic acids is 1. The van der Waals surface area contributed by atoms with Crippen LogP contribution in [0.5, 0.6) is 5.75 Å². The summed E-state index contributed by atoms with van der Waals surface area (Å²) in [6.07, 6.45) is -0.603. The summed E-state index contributed by atoms with van der Waals surface area (Å²) < 4.78 is 5.54. The Kier molecular flexibility index (Phi) is 5.43. The van der Waals surface area contributed by atoms with Gasteiger partial charge in [-0.2, -0.15) is 0 Å². The molecule has 2 amide bonds. The molecular formula is C17H22N2O5. The number of hydrogen-bond acceptors (Lipinski definition) is 4. The maximum atomic E-state index is 12.3. The lowest BCUT2D eigenvalue weighted by atomic mass is 10.0. The van der Waals surface area contributed by atoms with E-state index in [4.69, 9.17) is 9.84 Å². The summed E-state index contributed by atoms with van der Waals surface area (Å²) in [5.74, 6) is -1.33. The topological polar surface area (TPSA) is 95.9 Å². The normalized spacial score (nSPS) is 17.9. The minimum atomic E-state index is -1.07. The molecule has 7 nitrogen and oxygen atoms in total. The maximum absolute atomic E-state index is 12.3. The fourth-order valence-corrected chi connectivity index (χ4v) is 2.56. The largest absolute Gasteiger partial charge is 0.480 e. The van der Waals surface area contributed by atoms with Gasteiger partial charge in [0.05, 0.1) is 5.69 Å². The molecule has 1 aromatic carbocycles. The molecule has 2 rings (SSSR count). The van der Waals surface area contributed by atoms with Crippen LogP contribution in [0.1, 0.15) is 27.2 Å². The Morgan fingerprint density at radius 1 is 1.33 bits per heavy atom. The summed E-state index contributed by atoms with van der Waals surface area (Å²) >= 11 is 0. The highest BCUT2D eigenvalue weighted by molar-refractivity contribution is 6.00. The summed E-state index contributed by atoms with van der Waals surface area (Å²) in [6, 6.07) is 6.18. The van der Waals surface area contributed by atoms with Gasteiger partial charge in [-0.3, -0.25) is 9.59 Å². The van der Waals surface area contributed by atoms with E-state index in [0.717, 1.165) is 0 Å². The minimum absolute atomic E-state index is 0.0172. The number of para-hydroxylation sites is 2. The van der Waals surface area contributed by atoms with E-state index in [0.29, 0.717) is 11.4 Å². The molecule has 0 aromatic heterocycles. The summed E-state index contributed by atoms with van der Waals surface area (Å²) in [5.41, 5.74) is 0.618. The van der Waals surface area contributed by atoms with Crippen molar-refractivity contribution >= 4 is 23.5 Å². The van der Waals surface area contributed by atoms with Crippen molar-refractivity contribution in [2.45, 2.75) is 39.3 Å². The van der Waals surface area contributed by atoms with E-state index >= 15 is 0 Å². The highest BCUT2D eigenvalue weighted by Gasteiger charge is 2.31. The second kappa shape index (κ2) is 7.33. The number of carbonyl (C=O) groups excluding carboxylic acids is 2. The number of benzene rings is 1. The molecule has 0 aliphatic carbocycles. The molecule has 0 bridgehead atoms. The molecule has 1 aliphatic rings. The van der Waals surface area contributed by atoms with E-state index in [2.05, 4.69) is 5.32 Å². The van der Waals surface area contributed by atoms with Gasteiger partial charge in [0.2, 0.25) is 5.91 Å². The second-order valence-corrected chi connectivity index (χ2v) is 6.10.